The van der Waals surface area contributed by atoms with Crippen molar-refractivity contribution in [3.05, 3.63) is 47.5 Å². The van der Waals surface area contributed by atoms with Gasteiger partial charge in [-0.05, 0) is 49.8 Å². The average Bonchev–Trinajstić information content (AvgIpc) is 2.89. The van der Waals surface area contributed by atoms with Crippen molar-refractivity contribution in [2.45, 2.75) is 37.8 Å². The first-order valence-electron chi connectivity index (χ1n) is 12.1. The minimum atomic E-state index is -0.551. The molecule has 2 aliphatic rings. The largest absolute Gasteiger partial charge is 0.493 e. The second kappa shape index (κ2) is 10.4. The molecular formula is C26H29ClFN5O3. The van der Waals surface area contributed by atoms with Gasteiger partial charge in [-0.15, -0.1) is 0 Å². The van der Waals surface area contributed by atoms with Gasteiger partial charge in [-0.3, -0.25) is 4.79 Å². The number of carbonyl (C=O) groups is 1. The number of hydrogen-bond acceptors (Lipinski definition) is 7. The van der Waals surface area contributed by atoms with Crippen molar-refractivity contribution in [3.8, 4) is 11.5 Å². The summed E-state index contributed by atoms with van der Waals surface area (Å²) in [4.78, 5) is 23.1. The Hall–Kier alpha value is -3.17. The van der Waals surface area contributed by atoms with Crippen LogP contribution in [0.1, 0.15) is 25.7 Å². The molecule has 2 N–H and O–H groups in total. The topological polar surface area (TPSA) is 88.6 Å². The molecule has 1 amide bonds. The zero-order valence-electron chi connectivity index (χ0n) is 20.3. The number of nitrogens with one attached hydrogen (secondary N) is 2. The molecule has 0 radical (unpaired) electrons. The van der Waals surface area contributed by atoms with E-state index in [-0.39, 0.29) is 28.8 Å². The van der Waals surface area contributed by atoms with Crippen molar-refractivity contribution in [2.75, 3.05) is 32.6 Å². The lowest BCUT2D eigenvalue weighted by Gasteiger charge is -2.38. The van der Waals surface area contributed by atoms with Gasteiger partial charge in [0.1, 0.15) is 12.1 Å². The minimum absolute atomic E-state index is 0.00423. The fourth-order valence-corrected chi connectivity index (χ4v) is 5.23. The van der Waals surface area contributed by atoms with Gasteiger partial charge < -0.3 is 25.0 Å². The average molecular weight is 514 g/mol. The van der Waals surface area contributed by atoms with Crippen molar-refractivity contribution in [1.29, 1.82) is 0 Å². The van der Waals surface area contributed by atoms with Gasteiger partial charge >= 0.3 is 0 Å². The Bertz CT molecular complexity index is 1270. The van der Waals surface area contributed by atoms with E-state index in [0.29, 0.717) is 34.1 Å². The maximum atomic E-state index is 14.5. The molecule has 1 saturated heterocycles. The van der Waals surface area contributed by atoms with Crippen molar-refractivity contribution < 1.29 is 18.7 Å². The first kappa shape index (κ1) is 24.5. The van der Waals surface area contributed by atoms with Crippen LogP contribution in [0.2, 0.25) is 5.02 Å². The van der Waals surface area contributed by atoms with Gasteiger partial charge in [0.2, 0.25) is 5.91 Å². The molecule has 2 aromatic carbocycles. The SMILES string of the molecule is COc1cc2ncnc(Nc3cccc(Cl)c3F)c2cc1OC1CCC(C2NCCN(C)C2=O)CC1. The maximum Gasteiger partial charge on any atom is 0.239 e. The molecule has 10 heteroatoms. The first-order chi connectivity index (χ1) is 17.4. The third-order valence-electron chi connectivity index (χ3n) is 7.06. The smallest absolute Gasteiger partial charge is 0.239 e. The second-order valence-corrected chi connectivity index (χ2v) is 9.72. The molecule has 3 aromatic rings. The van der Waals surface area contributed by atoms with E-state index in [1.54, 1.807) is 25.3 Å². The molecule has 5 rings (SSSR count). The molecular weight excluding hydrogens is 485 g/mol. The van der Waals surface area contributed by atoms with E-state index in [1.807, 2.05) is 18.0 Å². The predicted molar refractivity (Wildman–Crippen MR) is 137 cm³/mol. The Kier molecular flexibility index (Phi) is 7.11. The lowest BCUT2D eigenvalue weighted by molar-refractivity contribution is -0.136. The van der Waals surface area contributed by atoms with Gasteiger partial charge in [0, 0.05) is 31.6 Å². The van der Waals surface area contributed by atoms with Crippen molar-refractivity contribution >= 4 is 39.9 Å². The molecule has 1 saturated carbocycles. The Morgan fingerprint density at radius 2 is 1.97 bits per heavy atom. The summed E-state index contributed by atoms with van der Waals surface area (Å²) in [5.41, 5.74) is 0.851. The number of hydrogen-bond donors (Lipinski definition) is 2. The number of fused-ring (bicyclic) bond motifs is 1. The summed E-state index contributed by atoms with van der Waals surface area (Å²) >= 11 is 5.94. The third kappa shape index (κ3) is 4.90. The number of rotatable bonds is 6. The molecule has 1 unspecified atom stereocenters. The van der Waals surface area contributed by atoms with Gasteiger partial charge in [0.15, 0.2) is 17.3 Å². The molecule has 1 aliphatic heterocycles. The molecule has 8 nitrogen and oxygen atoms in total. The fourth-order valence-electron chi connectivity index (χ4n) is 5.05. The van der Waals surface area contributed by atoms with Gasteiger partial charge in [-0.2, -0.15) is 0 Å². The summed E-state index contributed by atoms with van der Waals surface area (Å²) in [5, 5.41) is 7.11. The number of nitrogens with zero attached hydrogens (tertiary/aromatic N) is 3. The fraction of sp³-hybridized carbons (Fsp3) is 0.423. The standard InChI is InChI=1S/C26H29ClFN5O3/c1-33-11-10-29-24(26(33)34)15-6-8-16(9-7-15)36-22-12-17-20(13-21(22)35-2)30-14-31-25(17)32-19-5-3-4-18(27)23(19)28/h3-5,12-16,24,29H,6-11H2,1-2H3,(H,30,31,32). The molecule has 190 valence electrons. The minimum Gasteiger partial charge on any atom is -0.493 e. The van der Waals surface area contributed by atoms with Crippen LogP contribution in [0, 0.1) is 11.7 Å². The number of anilines is 2. The van der Waals surface area contributed by atoms with Gasteiger partial charge in [0.25, 0.3) is 0 Å². The van der Waals surface area contributed by atoms with Crippen molar-refractivity contribution in [3.63, 3.8) is 0 Å². The maximum absolute atomic E-state index is 14.5. The number of ether oxygens (including phenoxy) is 2. The number of amides is 1. The van der Waals surface area contributed by atoms with Crippen molar-refractivity contribution in [1.82, 2.24) is 20.2 Å². The highest BCUT2D eigenvalue weighted by Crippen LogP contribution is 2.38. The molecule has 1 aliphatic carbocycles. The van der Waals surface area contributed by atoms with Crippen LogP contribution in [0.25, 0.3) is 10.9 Å². The van der Waals surface area contributed by atoms with Crippen LogP contribution in [-0.2, 0) is 4.79 Å². The van der Waals surface area contributed by atoms with E-state index in [9.17, 15) is 9.18 Å². The molecule has 2 fully saturated rings. The summed E-state index contributed by atoms with van der Waals surface area (Å²) < 4.78 is 26.5. The lowest BCUT2D eigenvalue weighted by atomic mass is 9.81. The number of methoxy groups -OCH3 is 1. The summed E-state index contributed by atoms with van der Waals surface area (Å²) in [6.07, 6.45) is 4.89. The summed E-state index contributed by atoms with van der Waals surface area (Å²) in [6, 6.07) is 8.25. The highest BCUT2D eigenvalue weighted by molar-refractivity contribution is 6.31. The highest BCUT2D eigenvalue weighted by atomic mass is 35.5. The van der Waals surface area contributed by atoms with E-state index < -0.39 is 5.82 Å². The van der Waals surface area contributed by atoms with Crippen molar-refractivity contribution in [2.24, 2.45) is 5.92 Å². The summed E-state index contributed by atoms with van der Waals surface area (Å²) in [6.45, 7) is 1.58. The van der Waals surface area contributed by atoms with Crippen LogP contribution >= 0.6 is 11.6 Å². The predicted octanol–water partition coefficient (Wildman–Crippen LogP) is 4.54. The van der Waals surface area contributed by atoms with Crippen LogP contribution in [0.3, 0.4) is 0 Å². The molecule has 0 bridgehead atoms. The normalized spacial score (nSPS) is 22.5. The van der Waals surface area contributed by atoms with E-state index in [2.05, 4.69) is 20.6 Å². The number of benzene rings is 2. The monoisotopic (exact) mass is 513 g/mol. The van der Waals surface area contributed by atoms with Crippen LogP contribution < -0.4 is 20.1 Å². The van der Waals surface area contributed by atoms with Crippen LogP contribution in [0.5, 0.6) is 11.5 Å². The first-order valence-corrected chi connectivity index (χ1v) is 12.5. The Morgan fingerprint density at radius 1 is 1.17 bits per heavy atom. The lowest BCUT2D eigenvalue weighted by Crippen LogP contribution is -2.57. The van der Waals surface area contributed by atoms with Crippen LogP contribution in [-0.4, -0.2) is 60.2 Å². The van der Waals surface area contributed by atoms with Crippen LogP contribution in [0.4, 0.5) is 15.9 Å². The third-order valence-corrected chi connectivity index (χ3v) is 7.35. The molecule has 1 aromatic heterocycles. The number of likely N-dealkylation sites (N-methyl/N-ethyl adjacent to an activating group) is 1. The quantitative estimate of drug-likeness (QED) is 0.500. The number of halogens is 2. The highest BCUT2D eigenvalue weighted by Gasteiger charge is 2.36. The molecule has 0 spiro atoms. The molecule has 2 heterocycles. The number of piperazine rings is 1. The second-order valence-electron chi connectivity index (χ2n) is 9.32. The summed E-state index contributed by atoms with van der Waals surface area (Å²) in [5.74, 6) is 1.50. The molecule has 36 heavy (non-hydrogen) atoms. The van der Waals surface area contributed by atoms with E-state index in [4.69, 9.17) is 21.1 Å². The number of carbonyl (C=O) groups excluding carboxylic acids is 1. The Labute approximate surface area is 214 Å². The van der Waals surface area contributed by atoms with Gasteiger partial charge in [0.05, 0.1) is 35.5 Å². The van der Waals surface area contributed by atoms with Gasteiger partial charge in [-0.1, -0.05) is 17.7 Å². The zero-order chi connectivity index (χ0) is 25.2. The van der Waals surface area contributed by atoms with Gasteiger partial charge in [-0.25, -0.2) is 14.4 Å². The number of aromatic nitrogens is 2. The van der Waals surface area contributed by atoms with Crippen LogP contribution in [0.15, 0.2) is 36.7 Å². The zero-order valence-corrected chi connectivity index (χ0v) is 21.0. The van der Waals surface area contributed by atoms with E-state index in [1.165, 1.54) is 12.4 Å². The summed E-state index contributed by atoms with van der Waals surface area (Å²) in [7, 11) is 3.45. The van der Waals surface area contributed by atoms with E-state index >= 15 is 0 Å². The Morgan fingerprint density at radius 3 is 2.75 bits per heavy atom. The Balaban J connectivity index is 1.34. The molecule has 1 atom stereocenters. The van der Waals surface area contributed by atoms with E-state index in [0.717, 1.165) is 38.8 Å².